The lowest BCUT2D eigenvalue weighted by Gasteiger charge is -2.20. The molecular weight excluding hydrogens is 202 g/mol. The van der Waals surface area contributed by atoms with Crippen molar-refractivity contribution in [3.05, 3.63) is 35.4 Å². The summed E-state index contributed by atoms with van der Waals surface area (Å²) in [5, 5.41) is 0.436. The van der Waals surface area contributed by atoms with Crippen LogP contribution in [-0.4, -0.2) is 11.8 Å². The molecule has 0 aliphatic carbocycles. The van der Waals surface area contributed by atoms with Gasteiger partial charge in [-0.3, -0.25) is 0 Å². The SMILES string of the molecule is CCCSC(c1ccc(C)cc1)C(C)N. The summed E-state index contributed by atoms with van der Waals surface area (Å²) in [7, 11) is 0. The van der Waals surface area contributed by atoms with Crippen molar-refractivity contribution in [1.29, 1.82) is 0 Å². The van der Waals surface area contributed by atoms with Gasteiger partial charge in [0.25, 0.3) is 0 Å². The van der Waals surface area contributed by atoms with E-state index in [-0.39, 0.29) is 6.04 Å². The van der Waals surface area contributed by atoms with Crippen molar-refractivity contribution in [3.8, 4) is 0 Å². The third-order valence-electron chi connectivity index (χ3n) is 2.38. The minimum absolute atomic E-state index is 0.212. The maximum absolute atomic E-state index is 6.03. The molecule has 0 spiro atoms. The molecule has 0 bridgehead atoms. The Morgan fingerprint density at radius 3 is 2.33 bits per heavy atom. The minimum Gasteiger partial charge on any atom is -0.327 e. The lowest BCUT2D eigenvalue weighted by Crippen LogP contribution is -2.22. The zero-order chi connectivity index (χ0) is 11.3. The van der Waals surface area contributed by atoms with Gasteiger partial charge in [0.15, 0.2) is 0 Å². The Bertz CT molecular complexity index is 279. The molecule has 1 aromatic carbocycles. The van der Waals surface area contributed by atoms with Crippen molar-refractivity contribution in [2.24, 2.45) is 5.73 Å². The number of hydrogen-bond donors (Lipinski definition) is 1. The number of rotatable bonds is 5. The van der Waals surface area contributed by atoms with Crippen molar-refractivity contribution < 1.29 is 0 Å². The Morgan fingerprint density at radius 2 is 1.87 bits per heavy atom. The van der Waals surface area contributed by atoms with Crippen LogP contribution in [0.1, 0.15) is 36.6 Å². The molecule has 84 valence electrons. The summed E-state index contributed by atoms with van der Waals surface area (Å²) < 4.78 is 0. The first-order valence-corrected chi connectivity index (χ1v) is 6.63. The Balaban J connectivity index is 2.74. The molecule has 0 saturated heterocycles. The van der Waals surface area contributed by atoms with E-state index in [1.807, 2.05) is 11.8 Å². The Morgan fingerprint density at radius 1 is 1.27 bits per heavy atom. The van der Waals surface area contributed by atoms with E-state index in [0.717, 1.165) is 0 Å². The molecule has 0 saturated carbocycles. The third-order valence-corrected chi connectivity index (χ3v) is 4.09. The molecule has 2 atom stereocenters. The number of benzene rings is 1. The van der Waals surface area contributed by atoms with E-state index in [4.69, 9.17) is 5.73 Å². The van der Waals surface area contributed by atoms with Crippen LogP contribution in [0.15, 0.2) is 24.3 Å². The highest BCUT2D eigenvalue weighted by Crippen LogP contribution is 2.31. The number of nitrogens with two attached hydrogens (primary N) is 1. The van der Waals surface area contributed by atoms with Crippen LogP contribution >= 0.6 is 11.8 Å². The van der Waals surface area contributed by atoms with Crippen LogP contribution in [0.3, 0.4) is 0 Å². The highest BCUT2D eigenvalue weighted by Gasteiger charge is 2.15. The second-order valence-electron chi connectivity index (χ2n) is 4.06. The summed E-state index contributed by atoms with van der Waals surface area (Å²) in [6, 6.07) is 8.94. The van der Waals surface area contributed by atoms with Crippen molar-refractivity contribution in [2.45, 2.75) is 38.5 Å². The lowest BCUT2D eigenvalue weighted by molar-refractivity contribution is 0.720. The molecule has 0 fully saturated rings. The van der Waals surface area contributed by atoms with Gasteiger partial charge in [-0.25, -0.2) is 0 Å². The van der Waals surface area contributed by atoms with E-state index >= 15 is 0 Å². The number of thioether (sulfide) groups is 1. The molecule has 0 aliphatic heterocycles. The first kappa shape index (κ1) is 12.6. The fraction of sp³-hybridized carbons (Fsp3) is 0.538. The van der Waals surface area contributed by atoms with Crippen LogP contribution in [0.4, 0.5) is 0 Å². The molecule has 1 nitrogen and oxygen atoms in total. The van der Waals surface area contributed by atoms with Crippen molar-refractivity contribution >= 4 is 11.8 Å². The summed E-state index contributed by atoms with van der Waals surface area (Å²) in [6.45, 7) is 6.41. The quantitative estimate of drug-likeness (QED) is 0.826. The van der Waals surface area contributed by atoms with Crippen molar-refractivity contribution in [1.82, 2.24) is 0 Å². The van der Waals surface area contributed by atoms with Gasteiger partial charge in [-0.15, -0.1) is 0 Å². The second-order valence-corrected chi connectivity index (χ2v) is 5.31. The molecule has 2 heteroatoms. The minimum atomic E-state index is 0.212. The van der Waals surface area contributed by atoms with E-state index < -0.39 is 0 Å². The molecule has 0 radical (unpaired) electrons. The smallest absolute Gasteiger partial charge is 0.0445 e. The fourth-order valence-electron chi connectivity index (χ4n) is 1.55. The predicted molar refractivity (Wildman–Crippen MR) is 70.3 cm³/mol. The maximum atomic E-state index is 6.03. The Labute approximate surface area is 97.4 Å². The van der Waals surface area contributed by atoms with Gasteiger partial charge in [-0.2, -0.15) is 11.8 Å². The summed E-state index contributed by atoms with van der Waals surface area (Å²) in [5.41, 5.74) is 8.69. The molecule has 0 aliphatic rings. The van der Waals surface area contributed by atoms with Gasteiger partial charge in [0.05, 0.1) is 0 Å². The van der Waals surface area contributed by atoms with E-state index in [1.54, 1.807) is 0 Å². The third kappa shape index (κ3) is 3.88. The molecule has 1 rings (SSSR count). The topological polar surface area (TPSA) is 26.0 Å². The zero-order valence-electron chi connectivity index (χ0n) is 9.86. The molecule has 15 heavy (non-hydrogen) atoms. The highest BCUT2D eigenvalue weighted by atomic mass is 32.2. The lowest BCUT2D eigenvalue weighted by atomic mass is 10.1. The van der Waals surface area contributed by atoms with Gasteiger partial charge < -0.3 is 5.73 Å². The average molecular weight is 223 g/mol. The van der Waals surface area contributed by atoms with Crippen LogP contribution in [0, 0.1) is 6.92 Å². The average Bonchev–Trinajstić information content (AvgIpc) is 2.21. The molecule has 1 aromatic rings. The van der Waals surface area contributed by atoms with Crippen LogP contribution in [0.25, 0.3) is 0 Å². The van der Waals surface area contributed by atoms with E-state index in [1.165, 1.54) is 23.3 Å². The Kier molecular flexibility index (Phi) is 5.20. The van der Waals surface area contributed by atoms with Crippen LogP contribution < -0.4 is 5.73 Å². The van der Waals surface area contributed by atoms with Gasteiger partial charge in [0.2, 0.25) is 0 Å². The second kappa shape index (κ2) is 6.19. The first-order chi connectivity index (χ1) is 7.15. The van der Waals surface area contributed by atoms with Gasteiger partial charge >= 0.3 is 0 Å². The standard InChI is InChI=1S/C13H21NS/c1-4-9-15-13(11(3)14)12-7-5-10(2)6-8-12/h5-8,11,13H,4,9,14H2,1-3H3. The van der Waals surface area contributed by atoms with Gasteiger partial charge in [-0.05, 0) is 31.6 Å². The molecule has 2 unspecified atom stereocenters. The monoisotopic (exact) mass is 223 g/mol. The van der Waals surface area contributed by atoms with E-state index in [2.05, 4.69) is 45.0 Å². The molecule has 0 heterocycles. The molecule has 2 N–H and O–H groups in total. The van der Waals surface area contributed by atoms with Crippen LogP contribution in [0.2, 0.25) is 0 Å². The summed E-state index contributed by atoms with van der Waals surface area (Å²) in [6.07, 6.45) is 1.21. The summed E-state index contributed by atoms with van der Waals surface area (Å²) in [4.78, 5) is 0. The molecule has 0 amide bonds. The molecular formula is C13H21NS. The largest absolute Gasteiger partial charge is 0.327 e. The maximum Gasteiger partial charge on any atom is 0.0445 e. The highest BCUT2D eigenvalue weighted by molar-refractivity contribution is 7.99. The summed E-state index contributed by atoms with van der Waals surface area (Å²) >= 11 is 1.96. The zero-order valence-corrected chi connectivity index (χ0v) is 10.7. The van der Waals surface area contributed by atoms with Gasteiger partial charge in [-0.1, -0.05) is 36.8 Å². The van der Waals surface area contributed by atoms with Gasteiger partial charge in [0, 0.05) is 11.3 Å². The predicted octanol–water partition coefficient (Wildman–Crippen LogP) is 3.53. The van der Waals surface area contributed by atoms with E-state index in [0.29, 0.717) is 5.25 Å². The molecule has 0 aromatic heterocycles. The van der Waals surface area contributed by atoms with E-state index in [9.17, 15) is 0 Å². The summed E-state index contributed by atoms with van der Waals surface area (Å²) in [5.74, 6) is 1.18. The number of hydrogen-bond acceptors (Lipinski definition) is 2. The van der Waals surface area contributed by atoms with Crippen molar-refractivity contribution in [2.75, 3.05) is 5.75 Å². The first-order valence-electron chi connectivity index (χ1n) is 5.59. The van der Waals surface area contributed by atoms with Crippen molar-refractivity contribution in [3.63, 3.8) is 0 Å². The van der Waals surface area contributed by atoms with Crippen LogP contribution in [0.5, 0.6) is 0 Å². The van der Waals surface area contributed by atoms with Gasteiger partial charge in [0.1, 0.15) is 0 Å². The normalized spacial score (nSPS) is 14.9. The Hall–Kier alpha value is -0.470. The van der Waals surface area contributed by atoms with Crippen LogP contribution in [-0.2, 0) is 0 Å². The fourth-order valence-corrected chi connectivity index (χ4v) is 2.70. The number of aryl methyl sites for hydroxylation is 1.